The molecule has 1 unspecified atom stereocenters. The Bertz CT molecular complexity index is 418. The van der Waals surface area contributed by atoms with Gasteiger partial charge in [0.1, 0.15) is 0 Å². The van der Waals surface area contributed by atoms with Gasteiger partial charge in [0.25, 0.3) is 0 Å². The first kappa shape index (κ1) is 15.4. The predicted octanol–water partition coefficient (Wildman–Crippen LogP) is 3.99. The SMILES string of the molecule is CCC1(CC)CN(c2ccc(C)cc2)C(C(C)C)CN1. The molecule has 112 valence electrons. The zero-order valence-corrected chi connectivity index (χ0v) is 13.7. The Morgan fingerprint density at radius 1 is 1.20 bits per heavy atom. The standard InChI is InChI=1S/C18H30N2/c1-6-18(7-2)13-20(17(12-19-18)14(3)4)16-10-8-15(5)9-11-16/h8-11,14,17,19H,6-7,12-13H2,1-5H3. The molecule has 1 aromatic rings. The summed E-state index contributed by atoms with van der Waals surface area (Å²) in [6.45, 7) is 13.6. The minimum absolute atomic E-state index is 0.274. The molecule has 1 heterocycles. The molecule has 0 bridgehead atoms. The molecule has 0 saturated carbocycles. The third-order valence-electron chi connectivity index (χ3n) is 5.05. The van der Waals surface area contributed by atoms with E-state index in [1.165, 1.54) is 24.1 Å². The fraction of sp³-hybridized carbons (Fsp3) is 0.667. The van der Waals surface area contributed by atoms with Crippen LogP contribution in [-0.2, 0) is 0 Å². The average Bonchev–Trinajstić information content (AvgIpc) is 2.47. The van der Waals surface area contributed by atoms with E-state index in [2.05, 4.69) is 69.1 Å². The molecule has 0 aliphatic carbocycles. The lowest BCUT2D eigenvalue weighted by molar-refractivity contribution is 0.227. The molecule has 1 fully saturated rings. The van der Waals surface area contributed by atoms with E-state index in [0.29, 0.717) is 12.0 Å². The number of hydrogen-bond acceptors (Lipinski definition) is 2. The van der Waals surface area contributed by atoms with Gasteiger partial charge in [-0.1, -0.05) is 45.4 Å². The van der Waals surface area contributed by atoms with Crippen LogP contribution in [0.25, 0.3) is 0 Å². The van der Waals surface area contributed by atoms with E-state index in [9.17, 15) is 0 Å². The van der Waals surface area contributed by atoms with Crippen molar-refractivity contribution < 1.29 is 0 Å². The van der Waals surface area contributed by atoms with E-state index in [4.69, 9.17) is 0 Å². The first-order valence-corrected chi connectivity index (χ1v) is 8.09. The van der Waals surface area contributed by atoms with Gasteiger partial charge in [-0.15, -0.1) is 0 Å². The number of benzene rings is 1. The molecule has 1 N–H and O–H groups in total. The molecular weight excluding hydrogens is 244 g/mol. The molecular formula is C18H30N2. The van der Waals surface area contributed by atoms with Gasteiger partial charge in [-0.05, 0) is 37.8 Å². The number of hydrogen-bond donors (Lipinski definition) is 1. The lowest BCUT2D eigenvalue weighted by atomic mass is 9.86. The summed E-state index contributed by atoms with van der Waals surface area (Å²) in [5, 5.41) is 3.83. The lowest BCUT2D eigenvalue weighted by Gasteiger charge is -2.50. The minimum Gasteiger partial charge on any atom is -0.365 e. The Kier molecular flexibility index (Phi) is 4.74. The van der Waals surface area contributed by atoms with Crippen molar-refractivity contribution >= 4 is 5.69 Å². The summed E-state index contributed by atoms with van der Waals surface area (Å²) in [4.78, 5) is 2.63. The number of piperazine rings is 1. The third kappa shape index (κ3) is 3.01. The van der Waals surface area contributed by atoms with E-state index < -0.39 is 0 Å². The molecule has 0 amide bonds. The summed E-state index contributed by atoms with van der Waals surface area (Å²) >= 11 is 0. The molecule has 0 spiro atoms. The van der Waals surface area contributed by atoms with Crippen LogP contribution >= 0.6 is 0 Å². The Morgan fingerprint density at radius 3 is 2.30 bits per heavy atom. The second kappa shape index (κ2) is 6.17. The smallest absolute Gasteiger partial charge is 0.0438 e. The van der Waals surface area contributed by atoms with Crippen molar-refractivity contribution in [2.45, 2.75) is 59.0 Å². The highest BCUT2D eigenvalue weighted by Crippen LogP contribution is 2.30. The van der Waals surface area contributed by atoms with E-state index in [-0.39, 0.29) is 5.54 Å². The maximum atomic E-state index is 3.83. The zero-order valence-electron chi connectivity index (χ0n) is 13.7. The quantitative estimate of drug-likeness (QED) is 0.893. The number of nitrogens with one attached hydrogen (secondary N) is 1. The van der Waals surface area contributed by atoms with Gasteiger partial charge >= 0.3 is 0 Å². The van der Waals surface area contributed by atoms with Gasteiger partial charge in [-0.2, -0.15) is 0 Å². The zero-order chi connectivity index (χ0) is 14.8. The van der Waals surface area contributed by atoms with Crippen molar-refractivity contribution in [1.82, 2.24) is 5.32 Å². The van der Waals surface area contributed by atoms with Crippen LogP contribution in [0.4, 0.5) is 5.69 Å². The van der Waals surface area contributed by atoms with Crippen molar-refractivity contribution in [2.75, 3.05) is 18.0 Å². The van der Waals surface area contributed by atoms with Gasteiger partial charge in [-0.25, -0.2) is 0 Å². The van der Waals surface area contributed by atoms with Crippen LogP contribution in [0.2, 0.25) is 0 Å². The first-order valence-electron chi connectivity index (χ1n) is 8.09. The van der Waals surface area contributed by atoms with Gasteiger partial charge in [0, 0.05) is 30.4 Å². The van der Waals surface area contributed by atoms with Crippen molar-refractivity contribution in [3.8, 4) is 0 Å². The largest absolute Gasteiger partial charge is 0.365 e. The van der Waals surface area contributed by atoms with E-state index in [0.717, 1.165) is 13.1 Å². The van der Waals surface area contributed by atoms with E-state index in [1.807, 2.05) is 0 Å². The molecule has 0 aromatic heterocycles. The Balaban J connectivity index is 2.29. The summed E-state index contributed by atoms with van der Waals surface area (Å²) in [6.07, 6.45) is 2.38. The molecule has 1 aliphatic heterocycles. The van der Waals surface area contributed by atoms with Gasteiger partial charge < -0.3 is 10.2 Å². The minimum atomic E-state index is 0.274. The first-order chi connectivity index (χ1) is 9.51. The Hall–Kier alpha value is -1.02. The molecule has 2 nitrogen and oxygen atoms in total. The number of aryl methyl sites for hydroxylation is 1. The summed E-state index contributed by atoms with van der Waals surface area (Å²) in [6, 6.07) is 9.62. The second-order valence-electron chi connectivity index (χ2n) is 6.64. The summed E-state index contributed by atoms with van der Waals surface area (Å²) < 4.78 is 0. The van der Waals surface area contributed by atoms with Gasteiger partial charge in [-0.3, -0.25) is 0 Å². The summed E-state index contributed by atoms with van der Waals surface area (Å²) in [7, 11) is 0. The van der Waals surface area contributed by atoms with Crippen LogP contribution in [0, 0.1) is 12.8 Å². The normalized spacial score (nSPS) is 22.3. The van der Waals surface area contributed by atoms with Crippen LogP contribution in [0.5, 0.6) is 0 Å². The molecule has 0 radical (unpaired) electrons. The highest BCUT2D eigenvalue weighted by Gasteiger charge is 2.37. The average molecular weight is 274 g/mol. The van der Waals surface area contributed by atoms with Crippen LogP contribution in [-0.4, -0.2) is 24.7 Å². The monoisotopic (exact) mass is 274 g/mol. The summed E-state index contributed by atoms with van der Waals surface area (Å²) in [5.41, 5.74) is 2.99. The van der Waals surface area contributed by atoms with E-state index >= 15 is 0 Å². The Morgan fingerprint density at radius 2 is 1.80 bits per heavy atom. The number of rotatable bonds is 4. The van der Waals surface area contributed by atoms with Gasteiger partial charge in [0.05, 0.1) is 0 Å². The van der Waals surface area contributed by atoms with Crippen LogP contribution in [0.1, 0.15) is 46.1 Å². The highest BCUT2D eigenvalue weighted by molar-refractivity contribution is 5.50. The maximum absolute atomic E-state index is 3.83. The van der Waals surface area contributed by atoms with Crippen LogP contribution in [0.15, 0.2) is 24.3 Å². The molecule has 1 atom stereocenters. The van der Waals surface area contributed by atoms with Crippen molar-refractivity contribution in [1.29, 1.82) is 0 Å². The molecule has 1 aromatic carbocycles. The second-order valence-corrected chi connectivity index (χ2v) is 6.64. The fourth-order valence-electron chi connectivity index (χ4n) is 3.27. The van der Waals surface area contributed by atoms with Gasteiger partial charge in [0.2, 0.25) is 0 Å². The third-order valence-corrected chi connectivity index (χ3v) is 5.05. The number of anilines is 1. The highest BCUT2D eigenvalue weighted by atomic mass is 15.3. The van der Waals surface area contributed by atoms with E-state index in [1.54, 1.807) is 0 Å². The fourth-order valence-corrected chi connectivity index (χ4v) is 3.27. The molecule has 1 aliphatic rings. The van der Waals surface area contributed by atoms with Crippen LogP contribution < -0.4 is 10.2 Å². The topological polar surface area (TPSA) is 15.3 Å². The molecule has 20 heavy (non-hydrogen) atoms. The lowest BCUT2D eigenvalue weighted by Crippen LogP contribution is -2.65. The van der Waals surface area contributed by atoms with Crippen LogP contribution in [0.3, 0.4) is 0 Å². The number of nitrogens with zero attached hydrogens (tertiary/aromatic N) is 1. The molecule has 2 rings (SSSR count). The summed E-state index contributed by atoms with van der Waals surface area (Å²) in [5.74, 6) is 0.663. The van der Waals surface area contributed by atoms with Gasteiger partial charge in [0.15, 0.2) is 0 Å². The van der Waals surface area contributed by atoms with Crippen molar-refractivity contribution in [3.05, 3.63) is 29.8 Å². The van der Waals surface area contributed by atoms with Crippen molar-refractivity contribution in [2.24, 2.45) is 5.92 Å². The maximum Gasteiger partial charge on any atom is 0.0438 e. The predicted molar refractivity (Wildman–Crippen MR) is 88.5 cm³/mol. The Labute approximate surface area is 124 Å². The molecule has 1 saturated heterocycles. The van der Waals surface area contributed by atoms with Crippen molar-refractivity contribution in [3.63, 3.8) is 0 Å². The molecule has 2 heteroatoms.